The number of piperidine rings is 1. The van der Waals surface area contributed by atoms with E-state index in [1.165, 1.54) is 6.42 Å². The van der Waals surface area contributed by atoms with Crippen molar-refractivity contribution in [1.82, 2.24) is 4.90 Å². The van der Waals surface area contributed by atoms with Gasteiger partial charge in [-0.25, -0.2) is 0 Å². The molecule has 1 saturated heterocycles. The molecule has 1 saturated carbocycles. The molecule has 3 heteroatoms. The van der Waals surface area contributed by atoms with E-state index in [9.17, 15) is 4.79 Å². The molecule has 2 rings (SSSR count). The van der Waals surface area contributed by atoms with Crippen LogP contribution in [0.25, 0.3) is 0 Å². The van der Waals surface area contributed by atoms with Crippen LogP contribution < -0.4 is 0 Å². The van der Waals surface area contributed by atoms with E-state index in [1.54, 1.807) is 0 Å². The predicted molar refractivity (Wildman–Crippen MR) is 61.8 cm³/mol. The third kappa shape index (κ3) is 1.93. The summed E-state index contributed by atoms with van der Waals surface area (Å²) in [7, 11) is 6.16. The minimum absolute atomic E-state index is 0.318. The topological polar surface area (TPSA) is 20.3 Å². The highest BCUT2D eigenvalue weighted by Crippen LogP contribution is 2.41. The highest BCUT2D eigenvalue weighted by atomic mass is 16.2. The fourth-order valence-corrected chi connectivity index (χ4v) is 3.30. The van der Waals surface area contributed by atoms with E-state index >= 15 is 0 Å². The smallest absolute Gasteiger partial charge is 0.223 e. The Labute approximate surface area is 93.8 Å². The number of rotatable bonds is 1. The minimum atomic E-state index is 0.318. The first-order chi connectivity index (χ1) is 7.11. The van der Waals surface area contributed by atoms with Gasteiger partial charge < -0.3 is 4.90 Å². The first-order valence-electron chi connectivity index (χ1n) is 6.18. The van der Waals surface area contributed by atoms with E-state index in [1.807, 2.05) is 0 Å². The molecule has 3 unspecified atom stereocenters. The number of nitrogens with zero attached hydrogens (tertiary/aromatic N) is 1. The molecule has 0 N–H and O–H groups in total. The zero-order chi connectivity index (χ0) is 11.0. The molecule has 15 heavy (non-hydrogen) atoms. The second-order valence-corrected chi connectivity index (χ2v) is 5.26. The molecule has 82 valence electrons. The van der Waals surface area contributed by atoms with E-state index < -0.39 is 0 Å². The molecule has 1 amide bonds. The minimum Gasteiger partial charge on any atom is -0.337 e. The van der Waals surface area contributed by atoms with E-state index in [4.69, 9.17) is 7.85 Å². The molecular formula is C12H20BNO. The maximum atomic E-state index is 11.9. The molecule has 2 nitrogen and oxygen atoms in total. The summed E-state index contributed by atoms with van der Waals surface area (Å²) in [4.78, 5) is 14.0. The second-order valence-electron chi connectivity index (χ2n) is 5.26. The molecule has 0 aromatic rings. The Hall–Kier alpha value is -0.465. The Morgan fingerprint density at radius 1 is 1.33 bits per heavy atom. The van der Waals surface area contributed by atoms with Gasteiger partial charge in [0.25, 0.3) is 0 Å². The van der Waals surface area contributed by atoms with Crippen LogP contribution in [0.5, 0.6) is 0 Å². The Morgan fingerprint density at radius 2 is 2.07 bits per heavy atom. The van der Waals surface area contributed by atoms with Gasteiger partial charge in [-0.15, -0.1) is 0 Å². The lowest BCUT2D eigenvalue weighted by atomic mass is 9.62. The van der Waals surface area contributed by atoms with Crippen LogP contribution in [0.1, 0.15) is 46.0 Å². The summed E-state index contributed by atoms with van der Waals surface area (Å²) in [6.45, 7) is 4.22. The second kappa shape index (κ2) is 4.19. The number of amides is 1. The number of carbonyl (C=O) groups excluding carboxylic acids is 1. The number of carbonyl (C=O) groups is 1. The quantitative estimate of drug-likeness (QED) is 0.600. The van der Waals surface area contributed by atoms with Gasteiger partial charge in [0.2, 0.25) is 5.91 Å². The van der Waals surface area contributed by atoms with Crippen molar-refractivity contribution in [1.29, 1.82) is 0 Å². The summed E-state index contributed by atoms with van der Waals surface area (Å²) in [5, 5.41) is 0. The average molecular weight is 205 g/mol. The summed E-state index contributed by atoms with van der Waals surface area (Å²) in [5.41, 5.74) is 0. The van der Waals surface area contributed by atoms with Crippen LogP contribution in [-0.4, -0.2) is 30.7 Å². The monoisotopic (exact) mass is 205 g/mol. The number of hydrogen-bond acceptors (Lipinski definition) is 1. The van der Waals surface area contributed by atoms with E-state index in [-0.39, 0.29) is 0 Å². The lowest BCUT2D eigenvalue weighted by Gasteiger charge is -2.48. The Balaban J connectivity index is 2.17. The summed E-state index contributed by atoms with van der Waals surface area (Å²) in [6, 6.07) is 0.755. The van der Waals surface area contributed by atoms with Crippen molar-refractivity contribution in [2.24, 2.45) is 5.92 Å². The van der Waals surface area contributed by atoms with Crippen molar-refractivity contribution in [3.8, 4) is 0 Å². The number of fused-ring (bicyclic) bond motifs is 1. The molecule has 0 bridgehead atoms. The van der Waals surface area contributed by atoms with Crippen molar-refractivity contribution >= 4 is 13.8 Å². The normalized spacial score (nSPS) is 36.9. The first-order valence-corrected chi connectivity index (χ1v) is 6.18. The van der Waals surface area contributed by atoms with Crippen LogP contribution in [0.3, 0.4) is 0 Å². The highest BCUT2D eigenvalue weighted by molar-refractivity contribution is 6.12. The van der Waals surface area contributed by atoms with Gasteiger partial charge in [-0.3, -0.25) is 4.79 Å². The summed E-state index contributed by atoms with van der Waals surface area (Å²) >= 11 is 0. The standard InChI is InChI=1S/C12H20BNO/c1-8(2)14-11-5-3-4-10(13)9(11)6-7-12(14)15/h8-11H,3-7H2,1-2H3. The van der Waals surface area contributed by atoms with Crippen LogP contribution in [0.2, 0.25) is 5.82 Å². The zero-order valence-electron chi connectivity index (χ0n) is 9.78. The van der Waals surface area contributed by atoms with Crippen LogP contribution in [0, 0.1) is 5.92 Å². The predicted octanol–water partition coefficient (Wildman–Crippen LogP) is 2.14. The van der Waals surface area contributed by atoms with Gasteiger partial charge in [0.1, 0.15) is 0 Å². The molecule has 2 radical (unpaired) electrons. The molecular weight excluding hydrogens is 185 g/mol. The fraction of sp³-hybridized carbons (Fsp3) is 0.917. The lowest BCUT2D eigenvalue weighted by molar-refractivity contribution is -0.142. The Morgan fingerprint density at radius 3 is 2.73 bits per heavy atom. The molecule has 0 aromatic heterocycles. The SMILES string of the molecule is [B]C1CCCC2C1CCC(=O)N2C(C)C. The van der Waals surface area contributed by atoms with Crippen LogP contribution in [0.4, 0.5) is 0 Å². The summed E-state index contributed by atoms with van der Waals surface area (Å²) in [5.74, 6) is 1.21. The van der Waals surface area contributed by atoms with Crippen molar-refractivity contribution in [2.45, 2.75) is 63.9 Å². The summed E-state index contributed by atoms with van der Waals surface area (Å²) in [6.07, 6.45) is 5.18. The van der Waals surface area contributed by atoms with Gasteiger partial charge in [-0.05, 0) is 32.6 Å². The maximum absolute atomic E-state index is 11.9. The van der Waals surface area contributed by atoms with Crippen molar-refractivity contribution in [2.75, 3.05) is 0 Å². The lowest BCUT2D eigenvalue weighted by Crippen LogP contribution is -2.54. The maximum Gasteiger partial charge on any atom is 0.223 e. The van der Waals surface area contributed by atoms with Gasteiger partial charge in [-0.2, -0.15) is 0 Å². The zero-order valence-corrected chi connectivity index (χ0v) is 9.78. The fourth-order valence-electron chi connectivity index (χ4n) is 3.30. The Kier molecular flexibility index (Phi) is 3.08. The average Bonchev–Trinajstić information content (AvgIpc) is 2.17. The van der Waals surface area contributed by atoms with Crippen molar-refractivity contribution in [3.05, 3.63) is 0 Å². The first kappa shape index (κ1) is 11.0. The van der Waals surface area contributed by atoms with Crippen LogP contribution in [0.15, 0.2) is 0 Å². The van der Waals surface area contributed by atoms with E-state index in [2.05, 4.69) is 18.7 Å². The highest BCUT2D eigenvalue weighted by Gasteiger charge is 2.40. The Bertz CT molecular complexity index is 254. The van der Waals surface area contributed by atoms with Crippen molar-refractivity contribution < 1.29 is 4.79 Å². The summed E-state index contributed by atoms with van der Waals surface area (Å²) < 4.78 is 0. The molecule has 1 heterocycles. The molecule has 0 spiro atoms. The van der Waals surface area contributed by atoms with E-state index in [0.29, 0.717) is 36.1 Å². The third-order valence-corrected chi connectivity index (χ3v) is 3.97. The van der Waals surface area contributed by atoms with Crippen LogP contribution >= 0.6 is 0 Å². The van der Waals surface area contributed by atoms with Gasteiger partial charge in [0, 0.05) is 18.5 Å². The largest absolute Gasteiger partial charge is 0.337 e. The number of likely N-dealkylation sites (tertiary alicyclic amines) is 1. The number of hydrogen-bond donors (Lipinski definition) is 0. The molecule has 3 atom stereocenters. The molecule has 2 aliphatic rings. The molecule has 1 aliphatic heterocycles. The van der Waals surface area contributed by atoms with E-state index in [0.717, 1.165) is 19.3 Å². The van der Waals surface area contributed by atoms with Gasteiger partial charge in [0.05, 0.1) is 7.85 Å². The van der Waals surface area contributed by atoms with Gasteiger partial charge in [0.15, 0.2) is 0 Å². The van der Waals surface area contributed by atoms with Crippen LogP contribution in [-0.2, 0) is 4.79 Å². The van der Waals surface area contributed by atoms with Gasteiger partial charge in [-0.1, -0.05) is 18.7 Å². The third-order valence-electron chi connectivity index (χ3n) is 3.97. The molecule has 1 aliphatic carbocycles. The van der Waals surface area contributed by atoms with Gasteiger partial charge >= 0.3 is 0 Å². The molecule has 0 aromatic carbocycles. The molecule has 2 fully saturated rings. The van der Waals surface area contributed by atoms with Crippen molar-refractivity contribution in [3.63, 3.8) is 0 Å².